The third-order valence-electron chi connectivity index (χ3n) is 8.51. The first kappa shape index (κ1) is 48.8. The van der Waals surface area contributed by atoms with E-state index in [4.69, 9.17) is 46.2 Å². The molecule has 1 saturated carbocycles. The number of fused-ring (bicyclic) bond motifs is 1. The van der Waals surface area contributed by atoms with E-state index in [0.29, 0.717) is 28.0 Å². The van der Waals surface area contributed by atoms with Gasteiger partial charge in [-0.3, -0.25) is 23.9 Å². The summed E-state index contributed by atoms with van der Waals surface area (Å²) in [7, 11) is -3.06. The van der Waals surface area contributed by atoms with E-state index in [1.165, 1.54) is 11.3 Å². The molecule has 1 aliphatic carbocycles. The zero-order chi connectivity index (χ0) is 41.9. The number of carbonyl (C=O) groups is 3. The quantitative estimate of drug-likeness (QED) is 0.0381. The number of thiazole rings is 1. The van der Waals surface area contributed by atoms with Crippen LogP contribution in [0.5, 0.6) is 5.75 Å². The van der Waals surface area contributed by atoms with Crippen molar-refractivity contribution in [3.63, 3.8) is 0 Å². The molecule has 0 spiro atoms. The van der Waals surface area contributed by atoms with Crippen molar-refractivity contribution >= 4 is 57.1 Å². The number of hydrogen-bond donors (Lipinski definition) is 6. The van der Waals surface area contributed by atoms with Crippen LogP contribution in [0.15, 0.2) is 33.7 Å². The Bertz CT molecular complexity index is 1690. The fourth-order valence-corrected chi connectivity index (χ4v) is 6.82. The van der Waals surface area contributed by atoms with E-state index in [1.807, 2.05) is 46.8 Å². The van der Waals surface area contributed by atoms with Crippen molar-refractivity contribution in [1.82, 2.24) is 15.4 Å². The van der Waals surface area contributed by atoms with Crippen LogP contribution in [-0.4, -0.2) is 101 Å². The van der Waals surface area contributed by atoms with Gasteiger partial charge in [-0.25, -0.2) is 4.98 Å². The number of ether oxygens (including phenoxy) is 1. The Balaban J connectivity index is 0.000000599. The highest BCUT2D eigenvalue weighted by Gasteiger charge is 2.56. The molecule has 1 aromatic carbocycles. The summed E-state index contributed by atoms with van der Waals surface area (Å²) in [5.74, 6) is 0.839. The number of aromatic nitrogens is 1. The summed E-state index contributed by atoms with van der Waals surface area (Å²) in [6.45, 7) is 12.8. The SMILES string of the molecule is CC.CC.CC(O/N=C(\C=O)c1csc(N)n1)C1CCc2cc(C(N)=NC3CCCC(N)CC3)ccc2O1.CNC1C(=O)N(OS(=O)(=O)O)C1(C)C.O=CO. The van der Waals surface area contributed by atoms with Crippen LogP contribution in [0.1, 0.15) is 104 Å². The number of benzene rings is 1. The van der Waals surface area contributed by atoms with Gasteiger partial charge in [0, 0.05) is 17.0 Å². The Kier molecular flexibility index (Phi) is 21.0. The minimum absolute atomic E-state index is 0.103. The molecule has 0 radical (unpaired) electrons. The number of carbonyl (C=O) groups excluding carboxylic acids is 2. The van der Waals surface area contributed by atoms with E-state index >= 15 is 0 Å². The van der Waals surface area contributed by atoms with Gasteiger partial charge < -0.3 is 37.2 Å². The van der Waals surface area contributed by atoms with Crippen molar-refractivity contribution in [1.29, 1.82) is 0 Å². The van der Waals surface area contributed by atoms with Crippen LogP contribution in [0.3, 0.4) is 0 Å². The number of nitrogens with two attached hydrogens (primary N) is 3. The molecule has 2 fully saturated rings. The molecule has 0 bridgehead atoms. The van der Waals surface area contributed by atoms with Crippen molar-refractivity contribution in [2.75, 3.05) is 12.8 Å². The Hall–Kier alpha value is -4.21. The Morgan fingerprint density at radius 1 is 1.16 bits per heavy atom. The van der Waals surface area contributed by atoms with Crippen molar-refractivity contribution in [3.8, 4) is 5.75 Å². The molecule has 3 aliphatic rings. The monoisotopic (exact) mass is 814 g/mol. The summed E-state index contributed by atoms with van der Waals surface area (Å²) in [6.07, 6.45) is 6.80. The first-order valence-corrected chi connectivity index (χ1v) is 20.3. The molecule has 55 heavy (non-hydrogen) atoms. The highest BCUT2D eigenvalue weighted by Crippen LogP contribution is 2.33. The molecule has 18 nitrogen and oxygen atoms in total. The minimum atomic E-state index is -4.64. The molecule has 2 aliphatic heterocycles. The number of anilines is 1. The summed E-state index contributed by atoms with van der Waals surface area (Å²) in [4.78, 5) is 45.4. The van der Waals surface area contributed by atoms with Crippen LogP contribution < -0.4 is 27.3 Å². The summed E-state index contributed by atoms with van der Waals surface area (Å²) in [5, 5.41) is 16.2. The van der Waals surface area contributed by atoms with Gasteiger partial charge in [0.15, 0.2) is 23.2 Å². The molecule has 9 N–H and O–H groups in total. The first-order chi connectivity index (χ1) is 26.0. The van der Waals surface area contributed by atoms with Gasteiger partial charge >= 0.3 is 10.4 Å². The number of aryl methyl sites for hydroxylation is 1. The lowest BCUT2D eigenvalue weighted by atomic mass is 9.85. The maximum absolute atomic E-state index is 11.4. The van der Waals surface area contributed by atoms with Crippen LogP contribution >= 0.6 is 11.3 Å². The predicted molar refractivity (Wildman–Crippen MR) is 212 cm³/mol. The number of nitrogen functional groups attached to an aromatic ring is 1. The largest absolute Gasteiger partial charge is 0.486 e. The van der Waals surface area contributed by atoms with Crippen LogP contribution in [0.2, 0.25) is 0 Å². The van der Waals surface area contributed by atoms with Gasteiger partial charge in [0.25, 0.3) is 12.4 Å². The molecule has 310 valence electrons. The summed E-state index contributed by atoms with van der Waals surface area (Å²) in [5.41, 5.74) is 19.8. The standard InChI is InChI=1S/C24H32N6O3S.C6H12N2O5S.2C2H6.CH2O2/c1-14(33-30-19(12-31)20-13-34-24(27)29-20)21-9-5-15-11-16(6-10-22(15)32-21)23(26)28-18-4-2-3-17(25)7-8-18;1-6(2)4(7-3)5(9)8(6)13-14(10,11)12;2*1-2;2-1-3/h6,10-14,17-18,21H,2-5,7-9,25H2,1H3,(H2,26,28)(H2,27,29);4,7H,1-3H3,(H,10,11,12);2*1-2H3;1H,(H,2,3)/b30-19+;;;;. The average molecular weight is 815 g/mol. The molecular weight excluding hydrogens is 757 g/mol. The number of nitrogens with zero attached hydrogens (tertiary/aromatic N) is 4. The zero-order valence-corrected chi connectivity index (χ0v) is 34.4. The van der Waals surface area contributed by atoms with Crippen LogP contribution in [-0.2, 0) is 40.3 Å². The highest BCUT2D eigenvalue weighted by molar-refractivity contribution is 7.80. The Morgan fingerprint density at radius 2 is 1.82 bits per heavy atom. The lowest BCUT2D eigenvalue weighted by Gasteiger charge is -2.50. The number of aliphatic imine (C=N–C) groups is 1. The number of hydroxylamine groups is 2. The smallest absolute Gasteiger partial charge is 0.418 e. The molecule has 5 unspecified atom stereocenters. The number of carboxylic acid groups (broad SMARTS) is 1. The molecule has 5 atom stereocenters. The second-order valence-electron chi connectivity index (χ2n) is 12.5. The van der Waals surface area contributed by atoms with E-state index in [1.54, 1.807) is 26.3 Å². The number of rotatable bonds is 10. The summed E-state index contributed by atoms with van der Waals surface area (Å²) < 4.78 is 39.4. The number of hydrogen-bond acceptors (Lipinski definition) is 15. The predicted octanol–water partition coefficient (Wildman–Crippen LogP) is 3.48. The third kappa shape index (κ3) is 14.8. The lowest BCUT2D eigenvalue weighted by molar-refractivity contribution is -0.218. The number of nitrogens with one attached hydrogen (secondary N) is 1. The maximum Gasteiger partial charge on any atom is 0.418 e. The van der Waals surface area contributed by atoms with E-state index in [2.05, 4.69) is 25.8 Å². The average Bonchev–Trinajstić information content (AvgIpc) is 3.49. The number of β-lactam (4-membered cyclic amide) rings is 1. The lowest BCUT2D eigenvalue weighted by Crippen LogP contribution is -2.75. The number of amidine groups is 1. The van der Waals surface area contributed by atoms with E-state index < -0.39 is 27.9 Å². The Labute approximate surface area is 327 Å². The molecule has 3 heterocycles. The van der Waals surface area contributed by atoms with Gasteiger partial charge in [0.05, 0.1) is 11.6 Å². The fraction of sp³-hybridized carbons (Fsp3) is 0.600. The van der Waals surface area contributed by atoms with Crippen molar-refractivity contribution in [2.45, 2.75) is 129 Å². The topological polar surface area (TPSA) is 284 Å². The van der Waals surface area contributed by atoms with Gasteiger partial charge in [0.2, 0.25) is 0 Å². The normalized spacial score (nSPS) is 22.2. The molecule has 1 saturated heterocycles. The fourth-order valence-electron chi connectivity index (χ4n) is 5.81. The van der Waals surface area contributed by atoms with Gasteiger partial charge in [-0.15, -0.1) is 15.6 Å². The Morgan fingerprint density at radius 3 is 2.36 bits per heavy atom. The van der Waals surface area contributed by atoms with Crippen LogP contribution in [0.4, 0.5) is 5.13 Å². The number of aldehydes is 1. The van der Waals surface area contributed by atoms with Gasteiger partial charge in [-0.05, 0) is 96.5 Å². The van der Waals surface area contributed by atoms with Crippen molar-refractivity contribution < 1.29 is 46.3 Å². The van der Waals surface area contributed by atoms with E-state index in [0.717, 1.165) is 61.8 Å². The molecule has 1 aromatic heterocycles. The molecule has 1 amide bonds. The number of amides is 1. The summed E-state index contributed by atoms with van der Waals surface area (Å²) >= 11 is 1.24. The first-order valence-electron chi connectivity index (χ1n) is 18.1. The molecule has 20 heteroatoms. The maximum atomic E-state index is 11.4. The van der Waals surface area contributed by atoms with Crippen LogP contribution in [0, 0.1) is 0 Å². The van der Waals surface area contributed by atoms with Crippen LogP contribution in [0.25, 0.3) is 0 Å². The third-order valence-corrected chi connectivity index (χ3v) is 9.52. The van der Waals surface area contributed by atoms with Crippen molar-refractivity contribution in [2.24, 2.45) is 21.6 Å². The van der Waals surface area contributed by atoms with Crippen molar-refractivity contribution in [3.05, 3.63) is 40.4 Å². The number of oxime groups is 1. The second-order valence-corrected chi connectivity index (χ2v) is 14.4. The second kappa shape index (κ2) is 23.7. The molecule has 2 aromatic rings. The van der Waals surface area contributed by atoms with Gasteiger partial charge in [-0.2, -0.15) is 13.5 Å². The zero-order valence-electron chi connectivity index (χ0n) is 32.8. The molecular formula is C35H58N8O10S2. The van der Waals surface area contributed by atoms with Gasteiger partial charge in [-0.1, -0.05) is 32.9 Å². The summed E-state index contributed by atoms with van der Waals surface area (Å²) in [6, 6.07) is 5.96. The number of likely N-dealkylation sites (N-methyl/N-ethyl adjacent to an activating group) is 1. The van der Waals surface area contributed by atoms with E-state index in [-0.39, 0.29) is 36.5 Å². The van der Waals surface area contributed by atoms with Gasteiger partial charge in [0.1, 0.15) is 29.4 Å². The van der Waals surface area contributed by atoms with E-state index in [9.17, 15) is 18.0 Å². The minimum Gasteiger partial charge on any atom is -0.486 e. The highest BCUT2D eigenvalue weighted by atomic mass is 32.3. The molecule has 5 rings (SSSR count).